The van der Waals surface area contributed by atoms with E-state index < -0.39 is 0 Å². The quantitative estimate of drug-likeness (QED) is 0.252. The lowest BCUT2D eigenvalue weighted by Gasteiger charge is -2.15. The van der Waals surface area contributed by atoms with E-state index in [4.69, 9.17) is 19.4 Å². The maximum absolute atomic E-state index is 7.02. The Morgan fingerprint density at radius 2 is 0.905 bits per heavy atom. The van der Waals surface area contributed by atoms with Crippen molar-refractivity contribution in [2.45, 2.75) is 0 Å². The summed E-state index contributed by atoms with van der Waals surface area (Å²) in [7, 11) is 13.5. The maximum Gasteiger partial charge on any atom is 0.167 e. The molecule has 12 heteroatoms. The highest BCUT2D eigenvalue weighted by atomic mass is 16.3. The van der Waals surface area contributed by atoms with E-state index in [1.165, 1.54) is 76.4 Å². The minimum absolute atomic E-state index is 0.563. The molecular weight excluding hydrogens is 763 g/mol. The molecule has 12 rings (SSSR count). The largest absolute Gasteiger partial charge is 0.455 e. The van der Waals surface area contributed by atoms with Crippen LogP contribution in [-0.4, -0.2) is 71.2 Å². The molecule has 0 amide bonds. The monoisotopic (exact) mass is 801 g/mol. The van der Waals surface area contributed by atoms with E-state index in [-0.39, 0.29) is 0 Å². The average Bonchev–Trinajstić information content (AvgIpc) is 3.97. The van der Waals surface area contributed by atoms with Crippen molar-refractivity contribution in [3.05, 3.63) is 152 Å². The Balaban J connectivity index is 1.16. The molecule has 4 aromatic heterocycles. The van der Waals surface area contributed by atoms with Gasteiger partial charge in [0.2, 0.25) is 0 Å². The Morgan fingerprint density at radius 1 is 0.397 bits per heavy atom. The topological polar surface area (TPSA) is 61.7 Å². The number of para-hydroxylation sites is 2. The van der Waals surface area contributed by atoms with Crippen LogP contribution in [0.15, 0.2) is 156 Å². The van der Waals surface area contributed by atoms with Crippen molar-refractivity contribution in [1.82, 2.24) is 24.1 Å². The number of hydrogen-bond donors (Lipinski definition) is 0. The molecule has 6 nitrogen and oxygen atoms in total. The number of furan rings is 1. The van der Waals surface area contributed by atoms with Crippen LogP contribution in [0, 0.1) is 0 Å². The van der Waals surface area contributed by atoms with Crippen LogP contribution in [0.1, 0.15) is 0 Å². The van der Waals surface area contributed by atoms with Gasteiger partial charge in [-0.2, -0.15) is 0 Å². The van der Waals surface area contributed by atoms with Gasteiger partial charge in [-0.05, 0) is 30.3 Å². The van der Waals surface area contributed by atoms with Gasteiger partial charge in [0.25, 0.3) is 0 Å². The zero-order valence-corrected chi connectivity index (χ0v) is 36.1. The fourth-order valence-electron chi connectivity index (χ4n) is 10.3. The summed E-state index contributed by atoms with van der Waals surface area (Å²) in [6.07, 6.45) is 0. The molecule has 0 aliphatic heterocycles. The van der Waals surface area contributed by atoms with Crippen molar-refractivity contribution in [3.8, 4) is 45.5 Å². The summed E-state index contributed by atoms with van der Waals surface area (Å²) in [5.74, 6) is 1.79. The SMILES string of the molecule is Bc1cc(B)c2c(c1)c1c(B)c(B)c3c4cc(B)cc(B)c4n(-c4ccc5c(c4)oc4c(-c6nc(-c7ccccc7)nc(-c7ccccc7)n6)cccc45)c3c1n2-c1ccccc1. The molecule has 0 aliphatic rings. The molecule has 290 valence electrons. The van der Waals surface area contributed by atoms with Crippen molar-refractivity contribution >= 4 is 145 Å². The molecule has 12 aromatic rings. The summed E-state index contributed by atoms with van der Waals surface area (Å²) in [6.45, 7) is 0. The van der Waals surface area contributed by atoms with Crippen LogP contribution in [-0.2, 0) is 0 Å². The second-order valence-electron chi connectivity index (χ2n) is 17.2. The van der Waals surface area contributed by atoms with Crippen molar-refractivity contribution in [3.63, 3.8) is 0 Å². The van der Waals surface area contributed by atoms with Crippen LogP contribution >= 0.6 is 0 Å². The summed E-state index contributed by atoms with van der Waals surface area (Å²) in [6, 6.07) is 53.4. The summed E-state index contributed by atoms with van der Waals surface area (Å²) in [4.78, 5) is 15.1. The first-order valence-electron chi connectivity index (χ1n) is 21.6. The molecule has 0 radical (unpaired) electrons. The lowest BCUT2D eigenvalue weighted by atomic mass is 9.74. The zero-order valence-electron chi connectivity index (χ0n) is 36.1. The average molecular weight is 801 g/mol. The minimum atomic E-state index is 0.563. The van der Waals surface area contributed by atoms with Gasteiger partial charge in [0, 0.05) is 71.9 Å². The Kier molecular flexibility index (Phi) is 8.32. The van der Waals surface area contributed by atoms with E-state index in [0.717, 1.165) is 50.0 Å². The third-order valence-corrected chi connectivity index (χ3v) is 13.0. The van der Waals surface area contributed by atoms with Crippen molar-refractivity contribution < 1.29 is 4.42 Å². The van der Waals surface area contributed by atoms with Gasteiger partial charge >= 0.3 is 0 Å². The molecule has 0 atom stereocenters. The summed E-state index contributed by atoms with van der Waals surface area (Å²) < 4.78 is 12.0. The Morgan fingerprint density at radius 3 is 1.46 bits per heavy atom. The van der Waals surface area contributed by atoms with Crippen LogP contribution in [0.3, 0.4) is 0 Å². The lowest BCUT2D eigenvalue weighted by Crippen LogP contribution is -2.27. The van der Waals surface area contributed by atoms with E-state index in [2.05, 4.69) is 147 Å². The molecule has 0 bridgehead atoms. The Labute approximate surface area is 369 Å². The zero-order chi connectivity index (χ0) is 42.7. The van der Waals surface area contributed by atoms with Crippen LogP contribution in [0.4, 0.5) is 0 Å². The highest BCUT2D eigenvalue weighted by Crippen LogP contribution is 2.41. The maximum atomic E-state index is 7.02. The van der Waals surface area contributed by atoms with Gasteiger partial charge in [-0.15, -0.1) is 0 Å². The fourth-order valence-corrected chi connectivity index (χ4v) is 10.3. The standard InChI is InChI=1S/C51H37B6N5O/c52-28-21-35-40-42(56)43(57)41-36-22-29(53)24-38(55)45(36)62(47(41)46(40)61(44(35)37(54)23-28)30-15-8-3-9-16-30)31-19-20-32-33-17-10-18-34(48(33)63-39(32)25-31)51-59-49(26-11-4-1-5-12-26)58-50(60-51)27-13-6-2-7-14-27/h1-25H,52-57H2. The van der Waals surface area contributed by atoms with Crippen molar-refractivity contribution in [1.29, 1.82) is 0 Å². The number of aromatic nitrogens is 5. The normalized spacial score (nSPS) is 11.9. The molecule has 4 heterocycles. The van der Waals surface area contributed by atoms with E-state index in [9.17, 15) is 0 Å². The minimum Gasteiger partial charge on any atom is -0.455 e. The van der Waals surface area contributed by atoms with Crippen molar-refractivity contribution in [2.75, 3.05) is 0 Å². The van der Waals surface area contributed by atoms with E-state index in [1.54, 1.807) is 0 Å². The van der Waals surface area contributed by atoms with Gasteiger partial charge in [-0.3, -0.25) is 0 Å². The van der Waals surface area contributed by atoms with E-state index in [0.29, 0.717) is 17.5 Å². The number of benzene rings is 8. The number of fused-ring (bicyclic) bond motifs is 10. The molecule has 0 spiro atoms. The molecule has 8 aromatic carbocycles. The highest BCUT2D eigenvalue weighted by molar-refractivity contribution is 6.61. The third-order valence-electron chi connectivity index (χ3n) is 13.0. The smallest absolute Gasteiger partial charge is 0.167 e. The Bertz CT molecular complexity index is 3810. The predicted molar refractivity (Wildman–Crippen MR) is 281 cm³/mol. The number of rotatable bonds is 5. The molecule has 0 fully saturated rings. The molecule has 0 N–H and O–H groups in total. The van der Waals surface area contributed by atoms with Gasteiger partial charge < -0.3 is 13.6 Å². The molecule has 0 saturated carbocycles. The lowest BCUT2D eigenvalue weighted by molar-refractivity contribution is 0.669. The number of nitrogens with zero attached hydrogens (tertiary/aromatic N) is 5. The summed E-state index contributed by atoms with van der Waals surface area (Å²) in [5.41, 5.74) is 18.8. The molecule has 63 heavy (non-hydrogen) atoms. The number of hydrogen-bond acceptors (Lipinski definition) is 4. The summed E-state index contributed by atoms with van der Waals surface area (Å²) in [5, 5.41) is 7.15. The van der Waals surface area contributed by atoms with E-state index in [1.807, 2.05) is 60.7 Å². The van der Waals surface area contributed by atoms with Crippen LogP contribution < -0.4 is 32.8 Å². The van der Waals surface area contributed by atoms with Crippen LogP contribution in [0.25, 0.3) is 111 Å². The van der Waals surface area contributed by atoms with Gasteiger partial charge in [-0.1, -0.05) is 148 Å². The molecular formula is C51H37B6N5O. The third kappa shape index (κ3) is 5.63. The molecule has 0 unspecified atom stereocenters. The van der Waals surface area contributed by atoms with Gasteiger partial charge in [0.15, 0.2) is 17.5 Å². The first-order chi connectivity index (χ1) is 30.7. The van der Waals surface area contributed by atoms with Crippen LogP contribution in [0.2, 0.25) is 0 Å². The van der Waals surface area contributed by atoms with E-state index >= 15 is 0 Å². The first-order valence-corrected chi connectivity index (χ1v) is 21.6. The fraction of sp³-hybridized carbons (Fsp3) is 0. The van der Waals surface area contributed by atoms with Gasteiger partial charge in [0.05, 0.1) is 16.6 Å². The summed E-state index contributed by atoms with van der Waals surface area (Å²) >= 11 is 0. The molecule has 0 saturated heterocycles. The van der Waals surface area contributed by atoms with Crippen LogP contribution in [0.5, 0.6) is 0 Å². The first kappa shape index (κ1) is 37.3. The van der Waals surface area contributed by atoms with Gasteiger partial charge in [-0.25, -0.2) is 15.0 Å². The van der Waals surface area contributed by atoms with Crippen molar-refractivity contribution in [2.24, 2.45) is 0 Å². The highest BCUT2D eigenvalue weighted by Gasteiger charge is 2.27. The molecule has 0 aliphatic carbocycles. The Hall–Kier alpha value is -7.44. The second-order valence-corrected chi connectivity index (χ2v) is 17.2. The predicted octanol–water partition coefficient (Wildman–Crippen LogP) is 2.52. The second kappa shape index (κ2) is 14.0. The van der Waals surface area contributed by atoms with Gasteiger partial charge in [0.1, 0.15) is 58.2 Å².